The Labute approximate surface area is 168 Å². The molecule has 3 aromatic rings. The maximum absolute atomic E-state index is 12.4. The Kier molecular flexibility index (Phi) is 5.24. The molecule has 29 heavy (non-hydrogen) atoms. The first kappa shape index (κ1) is 18.7. The average Bonchev–Trinajstić information content (AvgIpc) is 3.48. The Balaban J connectivity index is 1.49. The fourth-order valence-electron chi connectivity index (χ4n) is 3.08. The highest BCUT2D eigenvalue weighted by Gasteiger charge is 2.28. The number of aromatic nitrogens is 4. The zero-order chi connectivity index (χ0) is 20.2. The van der Waals surface area contributed by atoms with Gasteiger partial charge in [-0.3, -0.25) is 4.79 Å². The van der Waals surface area contributed by atoms with E-state index in [2.05, 4.69) is 20.8 Å². The van der Waals surface area contributed by atoms with Crippen molar-refractivity contribution in [2.45, 2.75) is 18.9 Å². The van der Waals surface area contributed by atoms with Crippen LogP contribution in [0.25, 0.3) is 17.5 Å². The summed E-state index contributed by atoms with van der Waals surface area (Å²) in [5.41, 5.74) is 2.28. The van der Waals surface area contributed by atoms with E-state index in [0.717, 1.165) is 24.0 Å². The average molecular weight is 391 g/mol. The molecule has 1 heterocycles. The molecule has 0 bridgehead atoms. The third-order valence-corrected chi connectivity index (χ3v) is 4.62. The quantitative estimate of drug-likeness (QED) is 0.621. The Hall–Kier alpha value is -3.68. The molecule has 1 saturated carbocycles. The zero-order valence-corrected chi connectivity index (χ0v) is 16.2. The van der Waals surface area contributed by atoms with Gasteiger partial charge in [-0.1, -0.05) is 24.3 Å². The van der Waals surface area contributed by atoms with Gasteiger partial charge >= 0.3 is 0 Å². The maximum Gasteiger partial charge on any atom is 0.248 e. The lowest BCUT2D eigenvalue weighted by Crippen LogP contribution is -2.08. The standard InChI is InChI=1S/C21H21N5O3/c1-28-18-8-4-5-14(20(18)29-2)9-12-19(27)22-16-7-3-6-15(13-16)21-23-24-25-26(21)17-10-11-17/h3-9,12-13,17H,10-11H2,1-2H3,(H,22,27)/b12-9+. The van der Waals surface area contributed by atoms with Crippen LogP contribution < -0.4 is 14.8 Å². The second kappa shape index (κ2) is 8.14. The number of carbonyl (C=O) groups is 1. The van der Waals surface area contributed by atoms with Crippen LogP contribution in [0.15, 0.2) is 48.5 Å². The number of para-hydroxylation sites is 1. The number of methoxy groups -OCH3 is 2. The molecule has 0 saturated heterocycles. The maximum atomic E-state index is 12.4. The second-order valence-corrected chi connectivity index (χ2v) is 6.66. The zero-order valence-electron chi connectivity index (χ0n) is 16.2. The number of nitrogens with one attached hydrogen (secondary N) is 1. The fourth-order valence-corrected chi connectivity index (χ4v) is 3.08. The number of benzene rings is 2. The Morgan fingerprint density at radius 3 is 2.76 bits per heavy atom. The number of nitrogens with zero attached hydrogens (tertiary/aromatic N) is 4. The third kappa shape index (κ3) is 4.11. The van der Waals surface area contributed by atoms with Crippen LogP contribution in [0.5, 0.6) is 11.5 Å². The van der Waals surface area contributed by atoms with E-state index in [1.54, 1.807) is 26.4 Å². The molecule has 0 unspecified atom stereocenters. The summed E-state index contributed by atoms with van der Waals surface area (Å²) in [4.78, 5) is 12.4. The van der Waals surface area contributed by atoms with Crippen LogP contribution in [-0.2, 0) is 4.79 Å². The van der Waals surface area contributed by atoms with Gasteiger partial charge < -0.3 is 14.8 Å². The normalized spacial score (nSPS) is 13.4. The lowest BCUT2D eigenvalue weighted by Gasteiger charge is -2.10. The van der Waals surface area contributed by atoms with Crippen LogP contribution in [-0.4, -0.2) is 40.3 Å². The van der Waals surface area contributed by atoms with Crippen molar-refractivity contribution < 1.29 is 14.3 Å². The minimum atomic E-state index is -0.256. The van der Waals surface area contributed by atoms with Crippen molar-refractivity contribution in [2.75, 3.05) is 19.5 Å². The van der Waals surface area contributed by atoms with Crippen molar-refractivity contribution in [3.8, 4) is 22.9 Å². The molecule has 148 valence electrons. The van der Waals surface area contributed by atoms with E-state index < -0.39 is 0 Å². The van der Waals surface area contributed by atoms with Crippen LogP contribution >= 0.6 is 0 Å². The van der Waals surface area contributed by atoms with Crippen LogP contribution in [0, 0.1) is 0 Å². The number of hydrogen-bond donors (Lipinski definition) is 1. The Morgan fingerprint density at radius 2 is 2.00 bits per heavy atom. The van der Waals surface area contributed by atoms with E-state index in [1.165, 1.54) is 6.08 Å². The summed E-state index contributed by atoms with van der Waals surface area (Å²) in [5.74, 6) is 1.64. The molecule has 1 aliphatic carbocycles. The number of rotatable bonds is 7. The van der Waals surface area contributed by atoms with E-state index in [9.17, 15) is 4.79 Å². The van der Waals surface area contributed by atoms with Gasteiger partial charge in [-0.25, -0.2) is 4.68 Å². The molecule has 1 aromatic heterocycles. The fraction of sp³-hybridized carbons (Fsp3) is 0.238. The molecule has 1 amide bonds. The van der Waals surface area contributed by atoms with Crippen molar-refractivity contribution in [3.63, 3.8) is 0 Å². The van der Waals surface area contributed by atoms with Gasteiger partial charge in [0, 0.05) is 22.9 Å². The van der Waals surface area contributed by atoms with E-state index in [0.29, 0.717) is 29.1 Å². The van der Waals surface area contributed by atoms with Crippen molar-refractivity contribution >= 4 is 17.7 Å². The first-order chi connectivity index (χ1) is 14.2. The van der Waals surface area contributed by atoms with Gasteiger partial charge in [-0.2, -0.15) is 0 Å². The van der Waals surface area contributed by atoms with Crippen molar-refractivity contribution in [3.05, 3.63) is 54.1 Å². The van der Waals surface area contributed by atoms with Crippen molar-refractivity contribution in [1.29, 1.82) is 0 Å². The second-order valence-electron chi connectivity index (χ2n) is 6.66. The molecular weight excluding hydrogens is 370 g/mol. The van der Waals surface area contributed by atoms with Crippen LogP contribution in [0.1, 0.15) is 24.4 Å². The molecule has 1 aliphatic rings. The number of amides is 1. The number of anilines is 1. The van der Waals surface area contributed by atoms with Gasteiger partial charge in [-0.15, -0.1) is 5.10 Å². The molecular formula is C21H21N5O3. The SMILES string of the molecule is COc1cccc(/C=C/C(=O)Nc2cccc(-c3nnnn3C3CC3)c2)c1OC. The number of carbonyl (C=O) groups excluding carboxylic acids is 1. The van der Waals surface area contributed by atoms with Crippen molar-refractivity contribution in [1.82, 2.24) is 20.2 Å². The minimum absolute atomic E-state index is 0.256. The summed E-state index contributed by atoms with van der Waals surface area (Å²) in [7, 11) is 3.14. The molecule has 0 radical (unpaired) electrons. The number of tetrazole rings is 1. The highest BCUT2D eigenvalue weighted by atomic mass is 16.5. The van der Waals surface area contributed by atoms with Gasteiger partial charge in [0.15, 0.2) is 17.3 Å². The topological polar surface area (TPSA) is 91.2 Å². The van der Waals surface area contributed by atoms with Crippen molar-refractivity contribution in [2.24, 2.45) is 0 Å². The first-order valence-corrected chi connectivity index (χ1v) is 9.28. The summed E-state index contributed by atoms with van der Waals surface area (Å²) >= 11 is 0. The largest absolute Gasteiger partial charge is 0.493 e. The molecule has 1 N–H and O–H groups in total. The predicted octanol–water partition coefficient (Wildman–Crippen LogP) is 3.34. The van der Waals surface area contributed by atoms with Gasteiger partial charge in [0.1, 0.15) is 0 Å². The number of hydrogen-bond acceptors (Lipinski definition) is 6. The summed E-state index contributed by atoms with van der Waals surface area (Å²) in [6.45, 7) is 0. The highest BCUT2D eigenvalue weighted by Crippen LogP contribution is 2.37. The van der Waals surface area contributed by atoms with Gasteiger partial charge in [0.25, 0.3) is 0 Å². The molecule has 1 fully saturated rings. The van der Waals surface area contributed by atoms with Crippen LogP contribution in [0.3, 0.4) is 0 Å². The van der Waals surface area contributed by atoms with E-state index in [4.69, 9.17) is 9.47 Å². The predicted molar refractivity (Wildman–Crippen MR) is 109 cm³/mol. The summed E-state index contributed by atoms with van der Waals surface area (Å²) in [5, 5.41) is 14.9. The number of ether oxygens (including phenoxy) is 2. The minimum Gasteiger partial charge on any atom is -0.493 e. The van der Waals surface area contributed by atoms with Gasteiger partial charge in [0.2, 0.25) is 5.91 Å². The van der Waals surface area contributed by atoms with E-state index in [-0.39, 0.29) is 5.91 Å². The lowest BCUT2D eigenvalue weighted by molar-refractivity contribution is -0.111. The van der Waals surface area contributed by atoms with Gasteiger partial charge in [0.05, 0.1) is 20.3 Å². The van der Waals surface area contributed by atoms with E-state index >= 15 is 0 Å². The Morgan fingerprint density at radius 1 is 1.17 bits per heavy atom. The summed E-state index contributed by atoms with van der Waals surface area (Å²) < 4.78 is 12.5. The monoisotopic (exact) mass is 391 g/mol. The highest BCUT2D eigenvalue weighted by molar-refractivity contribution is 6.02. The molecule has 8 heteroatoms. The van der Waals surface area contributed by atoms with Gasteiger partial charge in [-0.05, 0) is 47.5 Å². The Bertz CT molecular complexity index is 1060. The molecule has 4 rings (SSSR count). The van der Waals surface area contributed by atoms with Crippen LogP contribution in [0.2, 0.25) is 0 Å². The lowest BCUT2D eigenvalue weighted by atomic mass is 10.1. The summed E-state index contributed by atoms with van der Waals surface area (Å²) in [6, 6.07) is 13.4. The molecule has 0 aliphatic heterocycles. The smallest absolute Gasteiger partial charge is 0.248 e. The van der Waals surface area contributed by atoms with Crippen LogP contribution in [0.4, 0.5) is 5.69 Å². The van der Waals surface area contributed by atoms with E-state index in [1.807, 2.05) is 41.1 Å². The first-order valence-electron chi connectivity index (χ1n) is 9.28. The molecule has 0 spiro atoms. The molecule has 2 aromatic carbocycles. The molecule has 0 atom stereocenters. The molecule has 8 nitrogen and oxygen atoms in total. The summed E-state index contributed by atoms with van der Waals surface area (Å²) in [6.07, 6.45) is 5.33. The third-order valence-electron chi connectivity index (χ3n) is 4.62.